The third-order valence-corrected chi connectivity index (χ3v) is 1.71. The molecular formula is C9H18F3NO. The van der Waals surface area contributed by atoms with Gasteiger partial charge in [-0.15, -0.1) is 0 Å². The van der Waals surface area contributed by atoms with Gasteiger partial charge in [-0.25, -0.2) is 0 Å². The third-order valence-electron chi connectivity index (χ3n) is 1.71. The fraction of sp³-hybridized carbons (Fsp3) is 1.00. The van der Waals surface area contributed by atoms with Crippen LogP contribution in [0.1, 0.15) is 25.7 Å². The monoisotopic (exact) mass is 213 g/mol. The molecule has 0 atom stereocenters. The second-order valence-corrected chi connectivity index (χ2v) is 3.14. The van der Waals surface area contributed by atoms with Gasteiger partial charge in [0.25, 0.3) is 0 Å². The number of hydrogen-bond acceptors (Lipinski definition) is 2. The van der Waals surface area contributed by atoms with Gasteiger partial charge < -0.3 is 10.1 Å². The topological polar surface area (TPSA) is 21.3 Å². The van der Waals surface area contributed by atoms with Gasteiger partial charge in [0.15, 0.2) is 0 Å². The molecule has 0 radical (unpaired) electrons. The normalized spacial score (nSPS) is 12.0. The molecule has 0 rings (SSSR count). The summed E-state index contributed by atoms with van der Waals surface area (Å²) in [5.41, 5.74) is 0. The van der Waals surface area contributed by atoms with Crippen molar-refractivity contribution in [2.45, 2.75) is 31.9 Å². The van der Waals surface area contributed by atoms with Crippen LogP contribution in [0, 0.1) is 0 Å². The lowest BCUT2D eigenvalue weighted by Gasteiger charge is -2.06. The number of unbranched alkanes of at least 4 members (excludes halogenated alkanes) is 1. The number of halogens is 3. The van der Waals surface area contributed by atoms with E-state index in [0.717, 1.165) is 19.4 Å². The maximum absolute atomic E-state index is 11.7. The van der Waals surface area contributed by atoms with Crippen LogP contribution in [0.4, 0.5) is 13.2 Å². The summed E-state index contributed by atoms with van der Waals surface area (Å²) in [7, 11) is 1.87. The number of nitrogens with one attached hydrogen (secondary N) is 1. The molecule has 0 heterocycles. The third kappa shape index (κ3) is 11.7. The average molecular weight is 213 g/mol. The number of hydrogen-bond donors (Lipinski definition) is 1. The van der Waals surface area contributed by atoms with Crippen LogP contribution in [0.25, 0.3) is 0 Å². The Morgan fingerprint density at radius 1 is 1.07 bits per heavy atom. The van der Waals surface area contributed by atoms with Gasteiger partial charge in [0.1, 0.15) is 0 Å². The molecule has 0 saturated heterocycles. The highest BCUT2D eigenvalue weighted by molar-refractivity contribution is 4.49. The van der Waals surface area contributed by atoms with Crippen molar-refractivity contribution in [2.75, 3.05) is 26.8 Å². The Bertz CT molecular complexity index is 128. The summed E-state index contributed by atoms with van der Waals surface area (Å²) < 4.78 is 40.1. The van der Waals surface area contributed by atoms with Gasteiger partial charge in [0.2, 0.25) is 0 Å². The summed E-state index contributed by atoms with van der Waals surface area (Å²) in [4.78, 5) is 0. The van der Waals surface area contributed by atoms with Crippen LogP contribution in [0.5, 0.6) is 0 Å². The van der Waals surface area contributed by atoms with Crippen LogP contribution >= 0.6 is 0 Å². The molecule has 86 valence electrons. The van der Waals surface area contributed by atoms with Crippen molar-refractivity contribution in [3.05, 3.63) is 0 Å². The van der Waals surface area contributed by atoms with E-state index in [0.29, 0.717) is 6.61 Å². The SMILES string of the molecule is CNCCCCOCCCC(F)(F)F. The lowest BCUT2D eigenvalue weighted by molar-refractivity contribution is -0.137. The first-order valence-corrected chi connectivity index (χ1v) is 4.85. The molecule has 0 bridgehead atoms. The molecule has 2 nitrogen and oxygen atoms in total. The van der Waals surface area contributed by atoms with Crippen molar-refractivity contribution in [1.82, 2.24) is 5.32 Å². The first-order chi connectivity index (χ1) is 6.56. The molecule has 0 amide bonds. The van der Waals surface area contributed by atoms with Crippen LogP contribution in [0.2, 0.25) is 0 Å². The first-order valence-electron chi connectivity index (χ1n) is 4.85. The summed E-state index contributed by atoms with van der Waals surface area (Å²) in [5.74, 6) is 0. The van der Waals surface area contributed by atoms with Crippen molar-refractivity contribution < 1.29 is 17.9 Å². The number of ether oxygens (including phenoxy) is 1. The first kappa shape index (κ1) is 13.7. The van der Waals surface area contributed by atoms with Gasteiger partial charge in [-0.3, -0.25) is 0 Å². The maximum atomic E-state index is 11.7. The maximum Gasteiger partial charge on any atom is 0.389 e. The largest absolute Gasteiger partial charge is 0.389 e. The van der Waals surface area contributed by atoms with E-state index >= 15 is 0 Å². The van der Waals surface area contributed by atoms with Gasteiger partial charge in [0, 0.05) is 19.6 Å². The fourth-order valence-corrected chi connectivity index (χ4v) is 0.983. The van der Waals surface area contributed by atoms with E-state index in [9.17, 15) is 13.2 Å². The zero-order valence-corrected chi connectivity index (χ0v) is 8.49. The molecule has 0 saturated carbocycles. The van der Waals surface area contributed by atoms with Crippen LogP contribution in [-0.2, 0) is 4.74 Å². The van der Waals surface area contributed by atoms with Crippen molar-refractivity contribution >= 4 is 0 Å². The standard InChI is InChI=1S/C9H18F3NO/c1-13-6-2-3-7-14-8-4-5-9(10,11)12/h13H,2-8H2,1H3. The van der Waals surface area contributed by atoms with Gasteiger partial charge in [-0.05, 0) is 32.9 Å². The Kier molecular flexibility index (Phi) is 7.89. The van der Waals surface area contributed by atoms with Gasteiger partial charge in [-0.1, -0.05) is 0 Å². The Morgan fingerprint density at radius 3 is 2.29 bits per heavy atom. The van der Waals surface area contributed by atoms with Gasteiger partial charge in [-0.2, -0.15) is 13.2 Å². The second-order valence-electron chi connectivity index (χ2n) is 3.14. The molecular weight excluding hydrogens is 195 g/mol. The van der Waals surface area contributed by atoms with E-state index in [1.54, 1.807) is 0 Å². The molecule has 0 aliphatic rings. The Hall–Kier alpha value is -0.290. The van der Waals surface area contributed by atoms with E-state index in [-0.39, 0.29) is 13.0 Å². The predicted octanol–water partition coefficient (Wildman–Crippen LogP) is 2.35. The number of rotatable bonds is 8. The summed E-state index contributed by atoms with van der Waals surface area (Å²) >= 11 is 0. The quantitative estimate of drug-likeness (QED) is 0.625. The Morgan fingerprint density at radius 2 is 1.71 bits per heavy atom. The smallest absolute Gasteiger partial charge is 0.381 e. The van der Waals surface area contributed by atoms with Gasteiger partial charge in [0.05, 0.1) is 0 Å². The summed E-state index contributed by atoms with van der Waals surface area (Å²) in [6.07, 6.45) is -2.84. The van der Waals surface area contributed by atoms with E-state index in [2.05, 4.69) is 5.32 Å². The Labute approximate surface area is 82.8 Å². The van der Waals surface area contributed by atoms with Crippen molar-refractivity contribution in [1.29, 1.82) is 0 Å². The number of alkyl halides is 3. The molecule has 0 unspecified atom stereocenters. The van der Waals surface area contributed by atoms with Crippen LogP contribution in [-0.4, -0.2) is 33.0 Å². The zero-order valence-electron chi connectivity index (χ0n) is 8.49. The van der Waals surface area contributed by atoms with E-state index in [1.165, 1.54) is 0 Å². The molecule has 5 heteroatoms. The van der Waals surface area contributed by atoms with Gasteiger partial charge >= 0.3 is 6.18 Å². The minimum atomic E-state index is -4.05. The Balaban J connectivity index is 2.99. The molecule has 14 heavy (non-hydrogen) atoms. The zero-order chi connectivity index (χ0) is 10.9. The van der Waals surface area contributed by atoms with Crippen LogP contribution in [0.15, 0.2) is 0 Å². The molecule has 1 N–H and O–H groups in total. The summed E-state index contributed by atoms with van der Waals surface area (Å²) in [6.45, 7) is 1.69. The fourth-order valence-electron chi connectivity index (χ4n) is 0.983. The summed E-state index contributed by atoms with van der Waals surface area (Å²) in [5, 5.41) is 2.99. The van der Waals surface area contributed by atoms with Crippen molar-refractivity contribution in [3.63, 3.8) is 0 Å². The second kappa shape index (κ2) is 8.05. The molecule has 0 aromatic rings. The average Bonchev–Trinajstić information content (AvgIpc) is 2.08. The van der Waals surface area contributed by atoms with E-state index in [1.807, 2.05) is 7.05 Å². The van der Waals surface area contributed by atoms with Crippen molar-refractivity contribution in [3.8, 4) is 0 Å². The molecule has 0 aliphatic heterocycles. The van der Waals surface area contributed by atoms with Crippen LogP contribution < -0.4 is 5.32 Å². The molecule has 0 aromatic heterocycles. The molecule has 0 spiro atoms. The molecule has 0 aromatic carbocycles. The minimum absolute atomic E-state index is 0.0650. The minimum Gasteiger partial charge on any atom is -0.381 e. The molecule has 0 aliphatic carbocycles. The molecule has 0 fully saturated rings. The summed E-state index contributed by atoms with van der Waals surface area (Å²) in [6, 6.07) is 0. The van der Waals surface area contributed by atoms with E-state index in [4.69, 9.17) is 4.74 Å². The lowest BCUT2D eigenvalue weighted by atomic mass is 10.3. The highest BCUT2D eigenvalue weighted by atomic mass is 19.4. The van der Waals surface area contributed by atoms with E-state index < -0.39 is 12.6 Å². The lowest BCUT2D eigenvalue weighted by Crippen LogP contribution is -2.10. The van der Waals surface area contributed by atoms with Crippen molar-refractivity contribution in [2.24, 2.45) is 0 Å². The highest BCUT2D eigenvalue weighted by Crippen LogP contribution is 2.20. The predicted molar refractivity (Wildman–Crippen MR) is 49.3 cm³/mol. The van der Waals surface area contributed by atoms with Crippen LogP contribution in [0.3, 0.4) is 0 Å². The highest BCUT2D eigenvalue weighted by Gasteiger charge is 2.25.